The number of aromatic amines is 1. The Kier molecular flexibility index (Phi) is 9.29. The highest BCUT2D eigenvalue weighted by Crippen LogP contribution is 2.29. The summed E-state index contributed by atoms with van der Waals surface area (Å²) in [5, 5.41) is 4.53. The van der Waals surface area contributed by atoms with Crippen LogP contribution >= 0.6 is 23.2 Å². The summed E-state index contributed by atoms with van der Waals surface area (Å²) in [6, 6.07) is 19.4. The van der Waals surface area contributed by atoms with Gasteiger partial charge in [0.1, 0.15) is 18.1 Å². The van der Waals surface area contributed by atoms with E-state index < -0.39 is 12.0 Å². The summed E-state index contributed by atoms with van der Waals surface area (Å²) in [6.07, 6.45) is 2.55. The van der Waals surface area contributed by atoms with Gasteiger partial charge in [0.2, 0.25) is 5.91 Å². The van der Waals surface area contributed by atoms with Crippen LogP contribution in [0, 0.1) is 5.92 Å². The molecule has 0 spiro atoms. The Balaban J connectivity index is 1.46. The molecule has 4 N–H and O–H groups in total. The predicted octanol–water partition coefficient (Wildman–Crippen LogP) is 5.50. The monoisotopic (exact) mass is 553 g/mol. The quantitative estimate of drug-likeness (QED) is 0.215. The maximum Gasteiger partial charge on any atom is 0.220 e. The summed E-state index contributed by atoms with van der Waals surface area (Å²) in [7, 11) is 1.60. The molecule has 38 heavy (non-hydrogen) atoms. The van der Waals surface area contributed by atoms with Crippen molar-refractivity contribution >= 4 is 45.8 Å². The van der Waals surface area contributed by atoms with Crippen LogP contribution in [0.2, 0.25) is 10.0 Å². The molecule has 7 nitrogen and oxygen atoms in total. The largest absolute Gasteiger partial charge is 0.496 e. The topological polar surface area (TPSA) is 106 Å². The fourth-order valence-corrected chi connectivity index (χ4v) is 4.61. The molecule has 0 bridgehead atoms. The number of halogens is 2. The van der Waals surface area contributed by atoms with Gasteiger partial charge < -0.3 is 25.5 Å². The molecule has 0 fully saturated rings. The molecule has 0 saturated carbocycles. The number of H-pyrrole nitrogens is 1. The second-order valence-corrected chi connectivity index (χ2v) is 9.68. The highest BCUT2D eigenvalue weighted by Gasteiger charge is 2.29. The molecule has 9 heteroatoms. The number of rotatable bonds is 12. The lowest BCUT2D eigenvalue weighted by atomic mass is 9.90. The van der Waals surface area contributed by atoms with Crippen molar-refractivity contribution in [3.05, 3.63) is 94.1 Å². The van der Waals surface area contributed by atoms with E-state index in [1.807, 2.05) is 48.5 Å². The molecule has 0 saturated heterocycles. The first-order valence-corrected chi connectivity index (χ1v) is 12.9. The number of carbonyl (C=O) groups is 2. The fraction of sp³-hybridized carbons (Fsp3) is 0.241. The van der Waals surface area contributed by atoms with Crippen molar-refractivity contribution in [2.45, 2.75) is 18.9 Å². The number of hydrogen-bond donors (Lipinski definition) is 3. The van der Waals surface area contributed by atoms with Crippen LogP contribution in [0.3, 0.4) is 0 Å². The van der Waals surface area contributed by atoms with Crippen molar-refractivity contribution in [1.29, 1.82) is 0 Å². The number of ether oxygens (including phenoxy) is 2. The number of aryl methyl sites for hydroxylation is 1. The number of aromatic nitrogens is 1. The number of fused-ring (bicyclic) bond motifs is 1. The maximum absolute atomic E-state index is 13.4. The van der Waals surface area contributed by atoms with Gasteiger partial charge in [0.15, 0.2) is 5.78 Å². The van der Waals surface area contributed by atoms with Crippen LogP contribution < -0.4 is 20.5 Å². The van der Waals surface area contributed by atoms with Crippen molar-refractivity contribution in [2.24, 2.45) is 11.7 Å². The lowest BCUT2D eigenvalue weighted by Crippen LogP contribution is -2.40. The molecule has 2 unspecified atom stereocenters. The molecular weight excluding hydrogens is 525 g/mol. The highest BCUT2D eigenvalue weighted by atomic mass is 35.5. The molecule has 198 valence electrons. The molecular formula is C29H29Cl2N3O4. The second kappa shape index (κ2) is 12.8. The van der Waals surface area contributed by atoms with Gasteiger partial charge in [-0.2, -0.15) is 0 Å². The number of benzene rings is 3. The van der Waals surface area contributed by atoms with E-state index in [1.54, 1.807) is 31.5 Å². The Morgan fingerprint density at radius 3 is 2.58 bits per heavy atom. The van der Waals surface area contributed by atoms with Gasteiger partial charge in [0.25, 0.3) is 0 Å². The predicted molar refractivity (Wildman–Crippen MR) is 150 cm³/mol. The van der Waals surface area contributed by atoms with Crippen molar-refractivity contribution in [3.63, 3.8) is 0 Å². The number of amides is 1. The minimum atomic E-state index is -0.729. The summed E-state index contributed by atoms with van der Waals surface area (Å²) in [5.74, 6) is -0.0292. The Bertz CT molecular complexity index is 1420. The van der Waals surface area contributed by atoms with Crippen LogP contribution in [0.25, 0.3) is 10.9 Å². The van der Waals surface area contributed by atoms with E-state index in [0.29, 0.717) is 22.2 Å². The van der Waals surface area contributed by atoms with Gasteiger partial charge in [-0.3, -0.25) is 9.59 Å². The fourth-order valence-electron chi connectivity index (χ4n) is 4.33. The summed E-state index contributed by atoms with van der Waals surface area (Å²) in [5.41, 5.74) is 9.29. The zero-order valence-corrected chi connectivity index (χ0v) is 22.4. The number of Topliss-reactive ketones (excluding diaryl/α,β-unsaturated/α-hetero) is 1. The minimum absolute atomic E-state index is 0.0645. The smallest absolute Gasteiger partial charge is 0.220 e. The Morgan fingerprint density at radius 2 is 1.79 bits per heavy atom. The van der Waals surface area contributed by atoms with E-state index in [-0.39, 0.29) is 31.3 Å². The number of carbonyl (C=O) groups excluding carboxylic acids is 2. The zero-order chi connectivity index (χ0) is 27.1. The van der Waals surface area contributed by atoms with Crippen molar-refractivity contribution in [2.75, 3.05) is 20.3 Å². The first-order valence-electron chi connectivity index (χ1n) is 12.2. The first kappa shape index (κ1) is 27.5. The van der Waals surface area contributed by atoms with E-state index >= 15 is 0 Å². The number of ketones is 1. The van der Waals surface area contributed by atoms with E-state index in [2.05, 4.69) is 10.3 Å². The van der Waals surface area contributed by atoms with Crippen LogP contribution in [0.15, 0.2) is 72.9 Å². The van der Waals surface area contributed by atoms with Crippen molar-refractivity contribution < 1.29 is 19.1 Å². The van der Waals surface area contributed by atoms with Gasteiger partial charge in [0.05, 0.1) is 23.1 Å². The van der Waals surface area contributed by atoms with Gasteiger partial charge in [0, 0.05) is 42.2 Å². The van der Waals surface area contributed by atoms with Crippen LogP contribution in [0.4, 0.5) is 0 Å². The van der Waals surface area contributed by atoms with E-state index in [9.17, 15) is 9.59 Å². The standard InChI is InChI=1S/C29H29Cl2N3O4/c1-37-27-9-5-2-6-18(27)10-13-28(36)34-16-22(26(35)17-38-19-11-12-23(30)24(31)14-19)29(32)21-15-33-25-8-4-3-7-20(21)25/h2-9,11-12,14-15,22,29,33H,10,13,16-17,32H2,1H3,(H,34,36). The third-order valence-electron chi connectivity index (χ3n) is 6.43. The van der Waals surface area contributed by atoms with Gasteiger partial charge in [-0.1, -0.05) is 59.6 Å². The number of methoxy groups -OCH3 is 1. The Labute approximate surface area is 231 Å². The SMILES string of the molecule is COc1ccccc1CCC(=O)NCC(C(=O)COc1ccc(Cl)c(Cl)c1)C(N)c1c[nH]c2ccccc12. The third kappa shape index (κ3) is 6.67. The van der Waals surface area contributed by atoms with Crippen LogP contribution in [-0.2, 0) is 16.0 Å². The Hall–Kier alpha value is -3.52. The van der Waals surface area contributed by atoms with Crippen molar-refractivity contribution in [1.82, 2.24) is 10.3 Å². The number of para-hydroxylation sites is 2. The van der Waals surface area contributed by atoms with Crippen LogP contribution in [0.5, 0.6) is 11.5 Å². The number of nitrogens with one attached hydrogen (secondary N) is 2. The summed E-state index contributed by atoms with van der Waals surface area (Å²) in [4.78, 5) is 29.3. The molecule has 4 aromatic rings. The molecule has 3 aromatic carbocycles. The van der Waals surface area contributed by atoms with Crippen LogP contribution in [0.1, 0.15) is 23.6 Å². The minimum Gasteiger partial charge on any atom is -0.496 e. The average molecular weight is 554 g/mol. The first-order chi connectivity index (χ1) is 18.4. The molecule has 1 amide bonds. The van der Waals surface area contributed by atoms with Crippen LogP contribution in [-0.4, -0.2) is 36.9 Å². The zero-order valence-electron chi connectivity index (χ0n) is 20.9. The number of hydrogen-bond acceptors (Lipinski definition) is 5. The van der Waals surface area contributed by atoms with E-state index in [1.165, 1.54) is 0 Å². The lowest BCUT2D eigenvalue weighted by molar-refractivity contribution is -0.126. The van der Waals surface area contributed by atoms with Gasteiger partial charge >= 0.3 is 0 Å². The summed E-state index contributed by atoms with van der Waals surface area (Å²) >= 11 is 12.0. The highest BCUT2D eigenvalue weighted by molar-refractivity contribution is 6.42. The van der Waals surface area contributed by atoms with Gasteiger partial charge in [-0.15, -0.1) is 0 Å². The molecule has 2 atom stereocenters. The van der Waals surface area contributed by atoms with Gasteiger partial charge in [-0.05, 0) is 41.8 Å². The molecule has 1 heterocycles. The third-order valence-corrected chi connectivity index (χ3v) is 7.17. The summed E-state index contributed by atoms with van der Waals surface area (Å²) in [6.45, 7) is -0.176. The molecule has 0 aliphatic carbocycles. The van der Waals surface area contributed by atoms with E-state index in [4.69, 9.17) is 38.4 Å². The molecule has 0 aliphatic heterocycles. The molecule has 0 radical (unpaired) electrons. The normalized spacial score (nSPS) is 12.6. The van der Waals surface area contributed by atoms with Gasteiger partial charge in [-0.25, -0.2) is 0 Å². The summed E-state index contributed by atoms with van der Waals surface area (Å²) < 4.78 is 11.1. The number of nitrogens with two attached hydrogens (primary N) is 1. The average Bonchev–Trinajstić information content (AvgIpc) is 3.37. The maximum atomic E-state index is 13.4. The molecule has 1 aromatic heterocycles. The van der Waals surface area contributed by atoms with E-state index in [0.717, 1.165) is 27.8 Å². The Morgan fingerprint density at radius 1 is 1.03 bits per heavy atom. The second-order valence-electron chi connectivity index (χ2n) is 8.87. The molecule has 4 rings (SSSR count). The molecule has 0 aliphatic rings. The van der Waals surface area contributed by atoms with Crippen molar-refractivity contribution in [3.8, 4) is 11.5 Å². The lowest BCUT2D eigenvalue weighted by Gasteiger charge is -2.23.